The van der Waals surface area contributed by atoms with Gasteiger partial charge < -0.3 is 14.4 Å². The van der Waals surface area contributed by atoms with Gasteiger partial charge in [-0.05, 0) is 20.8 Å². The zero-order valence-electron chi connectivity index (χ0n) is 10.1. The van der Waals surface area contributed by atoms with Gasteiger partial charge in [0.1, 0.15) is 12.0 Å². The maximum Gasteiger partial charge on any atom is 0.315 e. The number of nitrogens with zero attached hydrogens (tertiary/aromatic N) is 1. The monoisotopic (exact) mass is 229 g/mol. The van der Waals surface area contributed by atoms with Crippen LogP contribution in [0.4, 0.5) is 0 Å². The highest BCUT2D eigenvalue weighted by Crippen LogP contribution is 2.09. The molecule has 0 aliphatic carbocycles. The molecule has 5 nitrogen and oxygen atoms in total. The van der Waals surface area contributed by atoms with Crippen molar-refractivity contribution in [3.05, 3.63) is 0 Å². The lowest BCUT2D eigenvalue weighted by atomic mass is 10.2. The fourth-order valence-corrected chi connectivity index (χ4v) is 1.43. The number of carbonyl (C=O) groups is 2. The van der Waals surface area contributed by atoms with Crippen LogP contribution in [-0.2, 0) is 19.1 Å². The molecule has 0 spiro atoms. The summed E-state index contributed by atoms with van der Waals surface area (Å²) >= 11 is 0. The second-order valence-electron chi connectivity index (χ2n) is 4.76. The fourth-order valence-electron chi connectivity index (χ4n) is 1.43. The Morgan fingerprint density at radius 2 is 1.81 bits per heavy atom. The number of ether oxygens (including phenoxy) is 2. The Hall–Kier alpha value is -1.10. The zero-order chi connectivity index (χ0) is 12.2. The third-order valence-corrected chi connectivity index (χ3v) is 2.08. The van der Waals surface area contributed by atoms with E-state index < -0.39 is 11.6 Å². The molecule has 1 amide bonds. The van der Waals surface area contributed by atoms with Crippen molar-refractivity contribution in [2.45, 2.75) is 32.8 Å². The number of hydrogen-bond donors (Lipinski definition) is 0. The Balaban J connectivity index is 2.35. The lowest BCUT2D eigenvalue weighted by molar-refractivity contribution is -0.158. The highest BCUT2D eigenvalue weighted by atomic mass is 16.6. The van der Waals surface area contributed by atoms with Gasteiger partial charge in [0.15, 0.2) is 0 Å². The van der Waals surface area contributed by atoms with E-state index in [1.54, 1.807) is 25.7 Å². The predicted molar refractivity (Wildman–Crippen MR) is 57.9 cm³/mol. The largest absolute Gasteiger partial charge is 0.460 e. The molecule has 0 aromatic rings. The highest BCUT2D eigenvalue weighted by molar-refractivity contribution is 5.94. The summed E-state index contributed by atoms with van der Waals surface area (Å²) in [7, 11) is 0. The average Bonchev–Trinajstić information content (AvgIpc) is 2.16. The standard InChI is InChI=1S/C11H19NO4/c1-11(2,3)16-10(14)8-9(13)12-4-6-15-7-5-12/h4-8H2,1-3H3. The van der Waals surface area contributed by atoms with Gasteiger partial charge in [-0.15, -0.1) is 0 Å². The van der Waals surface area contributed by atoms with Gasteiger partial charge in [0.2, 0.25) is 5.91 Å². The first-order chi connectivity index (χ1) is 7.38. The van der Waals surface area contributed by atoms with Crippen molar-refractivity contribution in [1.82, 2.24) is 4.90 Å². The summed E-state index contributed by atoms with van der Waals surface area (Å²) in [6.07, 6.45) is -0.183. The molecule has 0 unspecified atom stereocenters. The molecule has 1 aliphatic rings. The molecule has 0 bridgehead atoms. The molecule has 0 aromatic heterocycles. The number of amides is 1. The van der Waals surface area contributed by atoms with Gasteiger partial charge in [-0.3, -0.25) is 9.59 Å². The zero-order valence-corrected chi connectivity index (χ0v) is 10.1. The molecule has 0 aromatic carbocycles. The predicted octanol–water partition coefficient (Wildman–Crippen LogP) is 0.577. The molecule has 0 radical (unpaired) electrons. The number of morpholine rings is 1. The number of esters is 1. The summed E-state index contributed by atoms with van der Waals surface area (Å²) in [6, 6.07) is 0. The van der Waals surface area contributed by atoms with Crippen LogP contribution in [0, 0.1) is 0 Å². The summed E-state index contributed by atoms with van der Waals surface area (Å²) in [4.78, 5) is 24.7. The van der Waals surface area contributed by atoms with Gasteiger partial charge in [0.05, 0.1) is 13.2 Å². The quantitative estimate of drug-likeness (QED) is 0.513. The molecule has 1 fully saturated rings. The lowest BCUT2D eigenvalue weighted by Gasteiger charge is -2.27. The van der Waals surface area contributed by atoms with Crippen molar-refractivity contribution in [3.8, 4) is 0 Å². The maximum atomic E-state index is 11.7. The van der Waals surface area contributed by atoms with Crippen molar-refractivity contribution in [1.29, 1.82) is 0 Å². The van der Waals surface area contributed by atoms with Crippen LogP contribution in [0.1, 0.15) is 27.2 Å². The summed E-state index contributed by atoms with van der Waals surface area (Å²) in [5, 5.41) is 0. The molecule has 1 aliphatic heterocycles. The first kappa shape index (κ1) is 13.0. The number of hydrogen-bond acceptors (Lipinski definition) is 4. The van der Waals surface area contributed by atoms with Crippen LogP contribution < -0.4 is 0 Å². The summed E-state index contributed by atoms with van der Waals surface area (Å²) in [5.74, 6) is -0.651. The van der Waals surface area contributed by atoms with Crippen molar-refractivity contribution in [2.75, 3.05) is 26.3 Å². The van der Waals surface area contributed by atoms with Crippen LogP contribution in [0.2, 0.25) is 0 Å². The minimum absolute atomic E-state index is 0.183. The molecule has 5 heteroatoms. The second kappa shape index (κ2) is 5.30. The van der Waals surface area contributed by atoms with E-state index in [2.05, 4.69) is 0 Å². The van der Waals surface area contributed by atoms with E-state index in [1.807, 2.05) is 0 Å². The van der Waals surface area contributed by atoms with Crippen LogP contribution in [0.15, 0.2) is 0 Å². The van der Waals surface area contributed by atoms with Crippen molar-refractivity contribution in [3.63, 3.8) is 0 Å². The highest BCUT2D eigenvalue weighted by Gasteiger charge is 2.23. The normalized spacial score (nSPS) is 17.1. The Kier molecular flexibility index (Phi) is 4.29. The summed E-state index contributed by atoms with van der Waals surface area (Å²) in [6.45, 7) is 7.54. The average molecular weight is 229 g/mol. The van der Waals surface area contributed by atoms with Crippen molar-refractivity contribution >= 4 is 11.9 Å². The molecule has 1 rings (SSSR count). The maximum absolute atomic E-state index is 11.7. The van der Waals surface area contributed by atoms with Crippen molar-refractivity contribution < 1.29 is 19.1 Å². The molecule has 16 heavy (non-hydrogen) atoms. The van der Waals surface area contributed by atoms with Crippen LogP contribution in [0.25, 0.3) is 0 Å². The van der Waals surface area contributed by atoms with Gasteiger partial charge in [0.25, 0.3) is 0 Å². The molecular formula is C11H19NO4. The molecule has 0 atom stereocenters. The molecule has 92 valence electrons. The van der Waals surface area contributed by atoms with Crippen LogP contribution in [-0.4, -0.2) is 48.7 Å². The smallest absolute Gasteiger partial charge is 0.315 e. The minimum Gasteiger partial charge on any atom is -0.460 e. The lowest BCUT2D eigenvalue weighted by Crippen LogP contribution is -2.42. The Labute approximate surface area is 95.7 Å². The fraction of sp³-hybridized carbons (Fsp3) is 0.818. The van der Waals surface area contributed by atoms with Crippen LogP contribution in [0.5, 0.6) is 0 Å². The van der Waals surface area contributed by atoms with E-state index in [1.165, 1.54) is 0 Å². The van der Waals surface area contributed by atoms with Gasteiger partial charge in [-0.2, -0.15) is 0 Å². The van der Waals surface area contributed by atoms with E-state index in [0.29, 0.717) is 26.3 Å². The number of rotatable bonds is 2. The van der Waals surface area contributed by atoms with Crippen LogP contribution in [0.3, 0.4) is 0 Å². The molecule has 1 heterocycles. The van der Waals surface area contributed by atoms with Crippen molar-refractivity contribution in [2.24, 2.45) is 0 Å². The Bertz CT molecular complexity index is 264. The Morgan fingerprint density at radius 3 is 2.31 bits per heavy atom. The molecular weight excluding hydrogens is 210 g/mol. The van der Waals surface area contributed by atoms with Gasteiger partial charge in [0, 0.05) is 13.1 Å². The summed E-state index contributed by atoms with van der Waals surface area (Å²) < 4.78 is 10.2. The third kappa shape index (κ3) is 4.61. The van der Waals surface area contributed by atoms with Crippen LogP contribution >= 0.6 is 0 Å². The van der Waals surface area contributed by atoms with E-state index >= 15 is 0 Å². The first-order valence-electron chi connectivity index (χ1n) is 5.46. The SMILES string of the molecule is CC(C)(C)OC(=O)CC(=O)N1CCOCC1. The Morgan fingerprint density at radius 1 is 1.25 bits per heavy atom. The van der Waals surface area contributed by atoms with E-state index in [-0.39, 0.29) is 12.3 Å². The molecule has 1 saturated heterocycles. The van der Waals surface area contributed by atoms with E-state index in [4.69, 9.17) is 9.47 Å². The minimum atomic E-state index is -0.539. The van der Waals surface area contributed by atoms with Gasteiger partial charge >= 0.3 is 5.97 Å². The van der Waals surface area contributed by atoms with E-state index in [0.717, 1.165) is 0 Å². The molecule has 0 saturated carbocycles. The summed E-state index contributed by atoms with van der Waals surface area (Å²) in [5.41, 5.74) is -0.539. The number of carbonyl (C=O) groups excluding carboxylic acids is 2. The van der Waals surface area contributed by atoms with Gasteiger partial charge in [-0.1, -0.05) is 0 Å². The topological polar surface area (TPSA) is 55.8 Å². The van der Waals surface area contributed by atoms with Gasteiger partial charge in [-0.25, -0.2) is 0 Å². The second-order valence-corrected chi connectivity index (χ2v) is 4.76. The third-order valence-electron chi connectivity index (χ3n) is 2.08. The molecule has 0 N–H and O–H groups in total. The van der Waals surface area contributed by atoms with E-state index in [9.17, 15) is 9.59 Å². The first-order valence-corrected chi connectivity index (χ1v) is 5.46.